The summed E-state index contributed by atoms with van der Waals surface area (Å²) in [6.07, 6.45) is 0.936. The van der Waals surface area contributed by atoms with Crippen molar-refractivity contribution in [2.24, 2.45) is 5.92 Å². The summed E-state index contributed by atoms with van der Waals surface area (Å²) in [4.78, 5) is 0. The van der Waals surface area contributed by atoms with Crippen LogP contribution >= 0.6 is 7.60 Å². The minimum absolute atomic E-state index is 0.226. The molecular formula is C7H15O3P. The van der Waals surface area contributed by atoms with Crippen molar-refractivity contribution in [2.45, 2.75) is 25.4 Å². The first kappa shape index (κ1) is 9.24. The number of hydrogen-bond donors (Lipinski definition) is 0. The molecule has 0 radical (unpaired) electrons. The molecule has 0 bridgehead atoms. The molecular weight excluding hydrogens is 163 g/mol. The van der Waals surface area contributed by atoms with Gasteiger partial charge in [-0.15, -0.1) is 0 Å². The van der Waals surface area contributed by atoms with Gasteiger partial charge in [-0.25, -0.2) is 0 Å². The van der Waals surface area contributed by atoms with E-state index in [2.05, 4.69) is 6.92 Å². The van der Waals surface area contributed by atoms with Crippen LogP contribution in [0.2, 0.25) is 0 Å². The van der Waals surface area contributed by atoms with E-state index in [-0.39, 0.29) is 5.16 Å². The molecule has 0 unspecified atom stereocenters. The second-order valence-electron chi connectivity index (χ2n) is 3.32. The molecule has 0 N–H and O–H groups in total. The first-order valence-corrected chi connectivity index (χ1v) is 5.26. The summed E-state index contributed by atoms with van der Waals surface area (Å²) >= 11 is 0. The fraction of sp³-hybridized carbons (Fsp3) is 1.00. The van der Waals surface area contributed by atoms with Crippen LogP contribution in [0.25, 0.3) is 0 Å². The molecule has 1 aliphatic carbocycles. The molecule has 4 heteroatoms. The van der Waals surface area contributed by atoms with E-state index in [0.29, 0.717) is 5.92 Å². The van der Waals surface area contributed by atoms with Gasteiger partial charge in [0.15, 0.2) is 0 Å². The van der Waals surface area contributed by atoms with Gasteiger partial charge in [0.2, 0.25) is 0 Å². The van der Waals surface area contributed by atoms with Gasteiger partial charge < -0.3 is 9.05 Å². The molecule has 1 rings (SSSR count). The van der Waals surface area contributed by atoms with E-state index in [0.717, 1.165) is 6.42 Å². The maximum Gasteiger partial charge on any atom is 0.336 e. The zero-order valence-electron chi connectivity index (χ0n) is 7.46. The largest absolute Gasteiger partial charge is 0.336 e. The molecule has 0 aromatic heterocycles. The van der Waals surface area contributed by atoms with E-state index in [1.165, 1.54) is 14.2 Å². The van der Waals surface area contributed by atoms with Gasteiger partial charge in [-0.2, -0.15) is 0 Å². The Labute approximate surface area is 67.6 Å². The minimum atomic E-state index is -2.81. The van der Waals surface area contributed by atoms with E-state index in [1.807, 2.05) is 6.92 Å². The molecule has 11 heavy (non-hydrogen) atoms. The summed E-state index contributed by atoms with van der Waals surface area (Å²) in [5, 5.41) is -0.226. The van der Waals surface area contributed by atoms with Gasteiger partial charge >= 0.3 is 7.60 Å². The molecule has 0 spiro atoms. The molecule has 2 atom stereocenters. The SMILES string of the molecule is COP(=O)(OC)[C@@]1(C)C[C@H]1C. The molecule has 1 aliphatic rings. The fourth-order valence-electron chi connectivity index (χ4n) is 1.43. The smallest absolute Gasteiger partial charge is 0.312 e. The Morgan fingerprint density at radius 2 is 1.82 bits per heavy atom. The summed E-state index contributed by atoms with van der Waals surface area (Å²) in [6.45, 7) is 4.01. The Morgan fingerprint density at radius 3 is 1.91 bits per heavy atom. The average molecular weight is 178 g/mol. The van der Waals surface area contributed by atoms with Crippen LogP contribution in [0.15, 0.2) is 0 Å². The summed E-state index contributed by atoms with van der Waals surface area (Å²) in [6, 6.07) is 0. The summed E-state index contributed by atoms with van der Waals surface area (Å²) < 4.78 is 21.6. The lowest BCUT2D eigenvalue weighted by molar-refractivity contribution is 0.262. The molecule has 3 nitrogen and oxygen atoms in total. The second-order valence-corrected chi connectivity index (χ2v) is 6.07. The lowest BCUT2D eigenvalue weighted by Crippen LogP contribution is -2.09. The first-order valence-electron chi connectivity index (χ1n) is 3.72. The lowest BCUT2D eigenvalue weighted by atomic mass is 10.4. The standard InChI is InChI=1S/C7H15O3P/c1-6-5-7(6,2)11(8,9-3)10-4/h6H,5H2,1-4H3/t6-,7+/m1/s1. The molecule has 66 valence electrons. The Bertz CT molecular complexity index is 196. The molecule has 0 saturated heterocycles. The second kappa shape index (κ2) is 2.58. The number of rotatable bonds is 3. The maximum absolute atomic E-state index is 11.8. The van der Waals surface area contributed by atoms with Gasteiger partial charge in [0.25, 0.3) is 0 Å². The highest BCUT2D eigenvalue weighted by atomic mass is 31.2. The van der Waals surface area contributed by atoms with Crippen molar-refractivity contribution in [3.63, 3.8) is 0 Å². The van der Waals surface area contributed by atoms with E-state index >= 15 is 0 Å². The van der Waals surface area contributed by atoms with E-state index < -0.39 is 7.60 Å². The molecule has 0 heterocycles. The predicted octanol–water partition coefficient (Wildman–Crippen LogP) is 2.27. The molecule has 0 aromatic rings. The third-order valence-electron chi connectivity index (χ3n) is 2.73. The van der Waals surface area contributed by atoms with Crippen LogP contribution in [0, 0.1) is 5.92 Å². The van der Waals surface area contributed by atoms with Crippen LogP contribution in [0.3, 0.4) is 0 Å². The van der Waals surface area contributed by atoms with Gasteiger partial charge in [0.1, 0.15) is 0 Å². The zero-order chi connectivity index (χ0) is 8.70. The van der Waals surface area contributed by atoms with Crippen LogP contribution in [0.1, 0.15) is 20.3 Å². The Morgan fingerprint density at radius 1 is 1.45 bits per heavy atom. The summed E-state index contributed by atoms with van der Waals surface area (Å²) in [7, 11) is 0.0800. The van der Waals surface area contributed by atoms with Crippen LogP contribution < -0.4 is 0 Å². The van der Waals surface area contributed by atoms with Crippen molar-refractivity contribution in [1.82, 2.24) is 0 Å². The molecule has 1 saturated carbocycles. The highest BCUT2D eigenvalue weighted by Crippen LogP contribution is 2.72. The highest BCUT2D eigenvalue weighted by molar-refractivity contribution is 7.56. The molecule has 0 amide bonds. The van der Waals surface area contributed by atoms with Gasteiger partial charge in [-0.05, 0) is 19.3 Å². The van der Waals surface area contributed by atoms with Crippen molar-refractivity contribution in [1.29, 1.82) is 0 Å². The van der Waals surface area contributed by atoms with E-state index in [9.17, 15) is 4.57 Å². The van der Waals surface area contributed by atoms with Crippen molar-refractivity contribution in [3.05, 3.63) is 0 Å². The van der Waals surface area contributed by atoms with Gasteiger partial charge in [-0.3, -0.25) is 4.57 Å². The Hall–Kier alpha value is 0.150. The summed E-state index contributed by atoms with van der Waals surface area (Å²) in [5.41, 5.74) is 0. The van der Waals surface area contributed by atoms with Crippen LogP contribution in [-0.2, 0) is 13.6 Å². The predicted molar refractivity (Wildman–Crippen MR) is 43.8 cm³/mol. The maximum atomic E-state index is 11.8. The quantitative estimate of drug-likeness (QED) is 0.622. The van der Waals surface area contributed by atoms with Crippen molar-refractivity contribution in [2.75, 3.05) is 14.2 Å². The number of hydrogen-bond acceptors (Lipinski definition) is 3. The van der Waals surface area contributed by atoms with Crippen molar-refractivity contribution < 1.29 is 13.6 Å². The van der Waals surface area contributed by atoms with Crippen molar-refractivity contribution in [3.8, 4) is 0 Å². The van der Waals surface area contributed by atoms with Gasteiger partial charge in [0.05, 0.1) is 5.16 Å². The highest BCUT2D eigenvalue weighted by Gasteiger charge is 2.61. The topological polar surface area (TPSA) is 35.5 Å². The molecule has 0 aromatic carbocycles. The normalized spacial score (nSPS) is 37.3. The van der Waals surface area contributed by atoms with Crippen LogP contribution in [-0.4, -0.2) is 19.4 Å². The van der Waals surface area contributed by atoms with E-state index in [4.69, 9.17) is 9.05 Å². The molecule has 1 fully saturated rings. The first-order chi connectivity index (χ1) is 5.00. The minimum Gasteiger partial charge on any atom is -0.312 e. The fourth-order valence-corrected chi connectivity index (χ4v) is 3.45. The third kappa shape index (κ3) is 1.16. The Balaban J connectivity index is 2.80. The molecule has 0 aliphatic heterocycles. The average Bonchev–Trinajstić information content (AvgIpc) is 2.60. The summed E-state index contributed by atoms with van der Waals surface area (Å²) in [5.74, 6) is 0.452. The zero-order valence-corrected chi connectivity index (χ0v) is 8.35. The van der Waals surface area contributed by atoms with Crippen LogP contribution in [0.5, 0.6) is 0 Å². The third-order valence-corrected chi connectivity index (χ3v) is 5.56. The van der Waals surface area contributed by atoms with Crippen molar-refractivity contribution >= 4 is 7.60 Å². The van der Waals surface area contributed by atoms with Crippen LogP contribution in [0.4, 0.5) is 0 Å². The van der Waals surface area contributed by atoms with E-state index in [1.54, 1.807) is 0 Å². The lowest BCUT2D eigenvalue weighted by Gasteiger charge is -2.20. The van der Waals surface area contributed by atoms with Gasteiger partial charge in [0, 0.05) is 14.2 Å². The Kier molecular flexibility index (Phi) is 2.17. The monoisotopic (exact) mass is 178 g/mol. The van der Waals surface area contributed by atoms with Gasteiger partial charge in [-0.1, -0.05) is 6.92 Å².